The molecule has 2 aromatic carbocycles. The molecule has 1 unspecified atom stereocenters. The van der Waals surface area contributed by atoms with Gasteiger partial charge in [0.15, 0.2) is 0 Å². The molecule has 0 spiro atoms. The molecule has 2 aromatic rings. The monoisotopic (exact) mass is 417 g/mol. The number of amides is 1. The van der Waals surface area contributed by atoms with E-state index in [1.165, 1.54) is 12.1 Å². The first kappa shape index (κ1) is 23.1. The van der Waals surface area contributed by atoms with Crippen LogP contribution in [0.15, 0.2) is 65.6 Å². The van der Waals surface area contributed by atoms with E-state index in [0.29, 0.717) is 6.42 Å². The Morgan fingerprint density at radius 2 is 1.55 bits per heavy atom. The van der Waals surface area contributed by atoms with Crippen LogP contribution in [0.1, 0.15) is 33.3 Å². The van der Waals surface area contributed by atoms with Gasteiger partial charge in [-0.2, -0.15) is 0 Å². The van der Waals surface area contributed by atoms with Crippen LogP contribution in [-0.2, 0) is 21.2 Å². The molecule has 0 aromatic heterocycles. The van der Waals surface area contributed by atoms with Crippen molar-refractivity contribution in [3.8, 4) is 0 Å². The van der Waals surface area contributed by atoms with E-state index >= 15 is 0 Å². The molecule has 1 amide bonds. The minimum absolute atomic E-state index is 0.0204. The molecule has 0 bridgehead atoms. The average Bonchev–Trinajstić information content (AvgIpc) is 2.67. The molecule has 0 saturated heterocycles. The topological polar surface area (TPSA) is 92.5 Å². The third kappa shape index (κ3) is 6.66. The van der Waals surface area contributed by atoms with E-state index in [0.717, 1.165) is 10.6 Å². The first-order valence-corrected chi connectivity index (χ1v) is 11.2. The standard InChI is InChI=1S/C22H31N3O3S/c1-17(15-18-11-7-5-8-12-18)16-25(21(26)20(23)22(2,3)4)24-29(27,28)19-13-9-6-10-14-19/h5-14,17,20,24H,15-16,23H2,1-4H3/t17-,20?/m0/s1. The van der Waals surface area contributed by atoms with Crippen molar-refractivity contribution < 1.29 is 13.2 Å². The van der Waals surface area contributed by atoms with E-state index in [-0.39, 0.29) is 17.4 Å². The highest BCUT2D eigenvalue weighted by molar-refractivity contribution is 7.89. The number of rotatable bonds is 8. The number of hydrazine groups is 1. The molecule has 2 atom stereocenters. The third-order valence-corrected chi connectivity index (χ3v) is 6.02. The van der Waals surface area contributed by atoms with Gasteiger partial charge < -0.3 is 5.73 Å². The second-order valence-corrected chi connectivity index (χ2v) is 10.2. The first-order chi connectivity index (χ1) is 13.5. The summed E-state index contributed by atoms with van der Waals surface area (Å²) in [4.78, 5) is 15.6. The lowest BCUT2D eigenvalue weighted by atomic mass is 9.86. The van der Waals surface area contributed by atoms with Gasteiger partial charge in [-0.1, -0.05) is 76.2 Å². The van der Waals surface area contributed by atoms with Crippen molar-refractivity contribution in [1.82, 2.24) is 9.84 Å². The van der Waals surface area contributed by atoms with Gasteiger partial charge in [0.05, 0.1) is 10.9 Å². The number of carbonyl (C=O) groups is 1. The SMILES string of the molecule is C[C@@H](Cc1ccccc1)CN(NS(=O)(=O)c1ccccc1)C(=O)C(N)C(C)(C)C. The molecule has 0 aliphatic heterocycles. The summed E-state index contributed by atoms with van der Waals surface area (Å²) in [6, 6.07) is 17.0. The Hall–Kier alpha value is -2.22. The smallest absolute Gasteiger partial charge is 0.257 e. The molecule has 6 nitrogen and oxygen atoms in total. The van der Waals surface area contributed by atoms with Crippen molar-refractivity contribution in [1.29, 1.82) is 0 Å². The van der Waals surface area contributed by atoms with Gasteiger partial charge in [0.2, 0.25) is 0 Å². The van der Waals surface area contributed by atoms with Gasteiger partial charge in [-0.25, -0.2) is 8.42 Å². The minimum Gasteiger partial charge on any atom is -0.319 e. The summed E-state index contributed by atoms with van der Waals surface area (Å²) in [5.41, 5.74) is 6.77. The lowest BCUT2D eigenvalue weighted by molar-refractivity contribution is -0.137. The Morgan fingerprint density at radius 1 is 1.03 bits per heavy atom. The van der Waals surface area contributed by atoms with Crippen molar-refractivity contribution >= 4 is 15.9 Å². The number of benzene rings is 2. The second kappa shape index (κ2) is 9.52. The third-order valence-electron chi connectivity index (χ3n) is 4.67. The molecule has 0 heterocycles. The highest BCUT2D eigenvalue weighted by Gasteiger charge is 2.34. The van der Waals surface area contributed by atoms with Crippen molar-refractivity contribution in [3.63, 3.8) is 0 Å². The van der Waals surface area contributed by atoms with Gasteiger partial charge in [-0.05, 0) is 35.4 Å². The fourth-order valence-electron chi connectivity index (χ4n) is 2.90. The maximum atomic E-state index is 13.1. The van der Waals surface area contributed by atoms with Gasteiger partial charge in [0, 0.05) is 6.54 Å². The molecule has 0 saturated carbocycles. The van der Waals surface area contributed by atoms with E-state index in [4.69, 9.17) is 5.73 Å². The Labute approximate surface area is 174 Å². The highest BCUT2D eigenvalue weighted by Crippen LogP contribution is 2.20. The Balaban J connectivity index is 2.24. The molecule has 0 aliphatic rings. The Morgan fingerprint density at radius 3 is 2.07 bits per heavy atom. The van der Waals surface area contributed by atoms with Crippen LogP contribution in [0.4, 0.5) is 0 Å². The van der Waals surface area contributed by atoms with Gasteiger partial charge in [-0.3, -0.25) is 9.80 Å². The van der Waals surface area contributed by atoms with E-state index in [2.05, 4.69) is 4.83 Å². The van der Waals surface area contributed by atoms with E-state index in [1.807, 2.05) is 58.0 Å². The molecule has 29 heavy (non-hydrogen) atoms. The van der Waals surface area contributed by atoms with Gasteiger partial charge in [0.25, 0.3) is 15.9 Å². The van der Waals surface area contributed by atoms with Crippen LogP contribution in [-0.4, -0.2) is 31.9 Å². The van der Waals surface area contributed by atoms with Crippen LogP contribution in [0.3, 0.4) is 0 Å². The molecule has 0 fully saturated rings. The molecule has 7 heteroatoms. The molecule has 158 valence electrons. The summed E-state index contributed by atoms with van der Waals surface area (Å²) >= 11 is 0. The predicted octanol–water partition coefficient (Wildman–Crippen LogP) is 2.96. The Kier molecular flexibility index (Phi) is 7.57. The summed E-state index contributed by atoms with van der Waals surface area (Å²) in [5, 5.41) is 1.16. The number of hydrogen-bond donors (Lipinski definition) is 2. The summed E-state index contributed by atoms with van der Waals surface area (Å²) < 4.78 is 25.6. The summed E-state index contributed by atoms with van der Waals surface area (Å²) in [6.07, 6.45) is 0.711. The van der Waals surface area contributed by atoms with Gasteiger partial charge >= 0.3 is 0 Å². The maximum absolute atomic E-state index is 13.1. The zero-order valence-electron chi connectivity index (χ0n) is 17.5. The second-order valence-electron chi connectivity index (χ2n) is 8.50. The van der Waals surface area contributed by atoms with E-state index in [9.17, 15) is 13.2 Å². The largest absolute Gasteiger partial charge is 0.319 e. The zero-order chi connectivity index (χ0) is 21.7. The molecule has 0 aliphatic carbocycles. The maximum Gasteiger partial charge on any atom is 0.257 e. The van der Waals surface area contributed by atoms with Crippen LogP contribution in [0, 0.1) is 11.3 Å². The lowest BCUT2D eigenvalue weighted by Gasteiger charge is -2.33. The van der Waals surface area contributed by atoms with Crippen molar-refractivity contribution in [2.45, 2.75) is 45.1 Å². The zero-order valence-corrected chi connectivity index (χ0v) is 18.3. The number of hydrogen-bond acceptors (Lipinski definition) is 4. The van der Waals surface area contributed by atoms with Crippen LogP contribution < -0.4 is 10.6 Å². The van der Waals surface area contributed by atoms with E-state index in [1.54, 1.807) is 18.2 Å². The van der Waals surface area contributed by atoms with Crippen LogP contribution in [0.2, 0.25) is 0 Å². The minimum atomic E-state index is -3.90. The summed E-state index contributed by atoms with van der Waals surface area (Å²) in [6.45, 7) is 7.75. The number of nitrogens with zero attached hydrogens (tertiary/aromatic N) is 1. The van der Waals surface area contributed by atoms with Crippen LogP contribution in [0.25, 0.3) is 0 Å². The van der Waals surface area contributed by atoms with Crippen LogP contribution >= 0.6 is 0 Å². The van der Waals surface area contributed by atoms with Crippen molar-refractivity contribution in [2.75, 3.05) is 6.54 Å². The normalized spacial score (nSPS) is 14.2. The van der Waals surface area contributed by atoms with Crippen LogP contribution in [0.5, 0.6) is 0 Å². The van der Waals surface area contributed by atoms with E-state index < -0.39 is 27.4 Å². The fourth-order valence-corrected chi connectivity index (χ4v) is 3.98. The number of sulfonamides is 1. The number of nitrogens with one attached hydrogen (secondary N) is 1. The van der Waals surface area contributed by atoms with Gasteiger partial charge in [-0.15, -0.1) is 4.83 Å². The molecule has 0 radical (unpaired) electrons. The number of nitrogens with two attached hydrogens (primary N) is 1. The summed E-state index contributed by atoms with van der Waals surface area (Å²) in [5.74, 6) is -0.427. The molecular weight excluding hydrogens is 386 g/mol. The molecule has 2 rings (SSSR count). The van der Waals surface area contributed by atoms with Crippen molar-refractivity contribution in [3.05, 3.63) is 66.2 Å². The molecular formula is C22H31N3O3S. The Bertz CT molecular complexity index is 894. The molecule has 3 N–H and O–H groups in total. The van der Waals surface area contributed by atoms with Gasteiger partial charge in [0.1, 0.15) is 0 Å². The first-order valence-electron chi connectivity index (χ1n) is 9.69. The predicted molar refractivity (Wildman–Crippen MR) is 115 cm³/mol. The number of carbonyl (C=O) groups excluding carboxylic acids is 1. The average molecular weight is 418 g/mol. The quantitative estimate of drug-likeness (QED) is 0.646. The fraction of sp³-hybridized carbons (Fsp3) is 0.409. The van der Waals surface area contributed by atoms with Crippen molar-refractivity contribution in [2.24, 2.45) is 17.1 Å². The lowest BCUT2D eigenvalue weighted by Crippen LogP contribution is -2.57. The summed E-state index contributed by atoms with van der Waals surface area (Å²) in [7, 11) is -3.90. The highest BCUT2D eigenvalue weighted by atomic mass is 32.2.